The van der Waals surface area contributed by atoms with Gasteiger partial charge in [-0.15, -0.1) is 0 Å². The van der Waals surface area contributed by atoms with Gasteiger partial charge in [-0.05, 0) is 62.4 Å². The van der Waals surface area contributed by atoms with Gasteiger partial charge in [0.15, 0.2) is 0 Å². The van der Waals surface area contributed by atoms with E-state index in [1.165, 1.54) is 0 Å². The van der Waals surface area contributed by atoms with Gasteiger partial charge in [0.05, 0.1) is 22.4 Å². The molecule has 1 unspecified atom stereocenters. The Labute approximate surface area is 160 Å². The number of fused-ring (bicyclic) bond motifs is 1. The van der Waals surface area contributed by atoms with Gasteiger partial charge in [0.25, 0.3) is 0 Å². The van der Waals surface area contributed by atoms with Crippen LogP contribution in [0.2, 0.25) is 0 Å². The third-order valence-electron chi connectivity index (χ3n) is 5.58. The molecule has 3 N–H and O–H groups in total. The van der Waals surface area contributed by atoms with E-state index in [-0.39, 0.29) is 11.6 Å². The number of aromatic nitrogens is 4. The van der Waals surface area contributed by atoms with E-state index in [0.717, 1.165) is 29.7 Å². The molecule has 142 valence electrons. The Morgan fingerprint density at radius 2 is 2.04 bits per heavy atom. The van der Waals surface area contributed by atoms with Gasteiger partial charge in [0.2, 0.25) is 0 Å². The van der Waals surface area contributed by atoms with Crippen LogP contribution < -0.4 is 5.69 Å². The van der Waals surface area contributed by atoms with Crippen molar-refractivity contribution in [3.63, 3.8) is 0 Å². The SMILES string of the molecule is Cc1noc(C)c1-c1cc(C(O)(c2ccccn2)C2CC2)c2[nH]c(=O)[nH]c2c1. The van der Waals surface area contributed by atoms with Crippen LogP contribution >= 0.6 is 0 Å². The van der Waals surface area contributed by atoms with Crippen LogP contribution in [0.25, 0.3) is 22.2 Å². The molecule has 1 aromatic carbocycles. The lowest BCUT2D eigenvalue weighted by Gasteiger charge is -2.29. The van der Waals surface area contributed by atoms with E-state index in [2.05, 4.69) is 20.1 Å². The maximum atomic E-state index is 12.1. The zero-order chi connectivity index (χ0) is 19.5. The van der Waals surface area contributed by atoms with Gasteiger partial charge >= 0.3 is 5.69 Å². The summed E-state index contributed by atoms with van der Waals surface area (Å²) in [6, 6.07) is 9.33. The smallest absolute Gasteiger partial charge is 0.323 e. The summed E-state index contributed by atoms with van der Waals surface area (Å²) in [5.41, 5.74) is 3.30. The molecule has 1 aliphatic carbocycles. The van der Waals surface area contributed by atoms with Crippen molar-refractivity contribution < 1.29 is 9.63 Å². The number of nitrogens with zero attached hydrogens (tertiary/aromatic N) is 2. The molecule has 7 nitrogen and oxygen atoms in total. The molecule has 1 saturated carbocycles. The van der Waals surface area contributed by atoms with E-state index in [1.807, 2.05) is 44.2 Å². The Hall–Kier alpha value is -3.19. The lowest BCUT2D eigenvalue weighted by Crippen LogP contribution is -2.31. The quantitative estimate of drug-likeness (QED) is 0.507. The highest BCUT2D eigenvalue weighted by atomic mass is 16.5. The number of pyridine rings is 1. The van der Waals surface area contributed by atoms with Crippen molar-refractivity contribution in [1.29, 1.82) is 0 Å². The Morgan fingerprint density at radius 3 is 2.68 bits per heavy atom. The number of benzene rings is 1. The van der Waals surface area contributed by atoms with E-state index in [4.69, 9.17) is 4.52 Å². The zero-order valence-electron chi connectivity index (χ0n) is 15.6. The molecule has 1 fully saturated rings. The van der Waals surface area contributed by atoms with Crippen molar-refractivity contribution in [2.75, 3.05) is 0 Å². The second-order valence-corrected chi connectivity index (χ2v) is 7.48. The molecule has 0 bridgehead atoms. The van der Waals surface area contributed by atoms with Gasteiger partial charge in [0.1, 0.15) is 11.4 Å². The minimum Gasteiger partial charge on any atom is -0.378 e. The molecule has 4 aromatic rings. The lowest BCUT2D eigenvalue weighted by atomic mass is 9.82. The van der Waals surface area contributed by atoms with E-state index in [1.54, 1.807) is 6.20 Å². The predicted octanol–water partition coefficient (Wildman–Crippen LogP) is 3.17. The van der Waals surface area contributed by atoms with Crippen LogP contribution in [0.3, 0.4) is 0 Å². The number of imidazole rings is 1. The van der Waals surface area contributed by atoms with Crippen LogP contribution in [0.15, 0.2) is 45.8 Å². The molecule has 0 spiro atoms. The zero-order valence-corrected chi connectivity index (χ0v) is 15.6. The van der Waals surface area contributed by atoms with Gasteiger partial charge in [-0.25, -0.2) is 4.79 Å². The third kappa shape index (κ3) is 2.43. The van der Waals surface area contributed by atoms with E-state index in [0.29, 0.717) is 28.1 Å². The van der Waals surface area contributed by atoms with Crippen LogP contribution in [0.5, 0.6) is 0 Å². The van der Waals surface area contributed by atoms with Crippen molar-refractivity contribution >= 4 is 11.0 Å². The summed E-state index contributed by atoms with van der Waals surface area (Å²) in [7, 11) is 0. The molecule has 0 radical (unpaired) electrons. The first-order valence-corrected chi connectivity index (χ1v) is 9.32. The minimum atomic E-state index is -1.29. The normalized spacial score (nSPS) is 16.4. The van der Waals surface area contributed by atoms with E-state index < -0.39 is 5.60 Å². The summed E-state index contributed by atoms with van der Waals surface area (Å²) >= 11 is 0. The first kappa shape index (κ1) is 16.9. The highest BCUT2D eigenvalue weighted by Gasteiger charge is 2.48. The Bertz CT molecular complexity index is 1210. The molecule has 3 heterocycles. The van der Waals surface area contributed by atoms with Crippen molar-refractivity contribution in [2.45, 2.75) is 32.3 Å². The van der Waals surface area contributed by atoms with Crippen molar-refractivity contribution in [1.82, 2.24) is 20.1 Å². The molecular formula is C21H20N4O3. The summed E-state index contributed by atoms with van der Waals surface area (Å²) < 4.78 is 5.33. The van der Waals surface area contributed by atoms with Crippen LogP contribution in [0.1, 0.15) is 35.6 Å². The van der Waals surface area contributed by atoms with Gasteiger partial charge in [-0.3, -0.25) is 4.98 Å². The molecule has 1 atom stereocenters. The highest BCUT2D eigenvalue weighted by Crippen LogP contribution is 2.51. The maximum absolute atomic E-state index is 12.1. The number of aliphatic hydroxyl groups is 1. The first-order valence-electron chi connectivity index (χ1n) is 9.32. The fourth-order valence-corrected chi connectivity index (χ4v) is 4.14. The molecule has 0 aliphatic heterocycles. The molecule has 28 heavy (non-hydrogen) atoms. The summed E-state index contributed by atoms with van der Waals surface area (Å²) in [4.78, 5) is 22.2. The second kappa shape index (κ2) is 5.90. The second-order valence-electron chi connectivity index (χ2n) is 7.48. The van der Waals surface area contributed by atoms with E-state index >= 15 is 0 Å². The average Bonchev–Trinajstić information content (AvgIpc) is 3.40. The van der Waals surface area contributed by atoms with E-state index in [9.17, 15) is 9.90 Å². The van der Waals surface area contributed by atoms with Crippen molar-refractivity contribution in [3.8, 4) is 11.1 Å². The molecule has 5 rings (SSSR count). The van der Waals surface area contributed by atoms with Crippen LogP contribution in [-0.2, 0) is 5.60 Å². The van der Waals surface area contributed by atoms with Gasteiger partial charge in [-0.2, -0.15) is 0 Å². The summed E-state index contributed by atoms with van der Waals surface area (Å²) in [5, 5.41) is 16.0. The fraction of sp³-hybridized carbons (Fsp3) is 0.286. The maximum Gasteiger partial charge on any atom is 0.323 e. The van der Waals surface area contributed by atoms with Crippen molar-refractivity contribution in [2.24, 2.45) is 5.92 Å². The standard InChI is InChI=1S/C21H20N4O3/c1-11-18(12(2)28-25-11)13-9-15(19-16(10-13)23-20(26)24-19)21(27,14-6-7-14)17-5-3-4-8-22-17/h3-5,8-10,14,27H,6-7H2,1-2H3,(H2,23,24,26). The molecular weight excluding hydrogens is 356 g/mol. The number of aromatic amines is 2. The first-order chi connectivity index (χ1) is 13.5. The van der Waals surface area contributed by atoms with Gasteiger partial charge < -0.3 is 19.6 Å². The molecule has 1 aliphatic rings. The van der Waals surface area contributed by atoms with Gasteiger partial charge in [0, 0.05) is 17.3 Å². The minimum absolute atomic E-state index is 0.0453. The average molecular weight is 376 g/mol. The number of nitrogens with one attached hydrogen (secondary N) is 2. The number of hydrogen-bond acceptors (Lipinski definition) is 5. The van der Waals surface area contributed by atoms with Crippen molar-refractivity contribution in [3.05, 3.63) is 69.7 Å². The summed E-state index contributed by atoms with van der Waals surface area (Å²) in [6.45, 7) is 3.73. The molecule has 0 saturated heterocycles. The topological polar surface area (TPSA) is 108 Å². The van der Waals surface area contributed by atoms with Crippen LogP contribution in [0, 0.1) is 19.8 Å². The Balaban J connectivity index is 1.84. The van der Waals surface area contributed by atoms with Crippen LogP contribution in [0.4, 0.5) is 0 Å². The predicted molar refractivity (Wildman–Crippen MR) is 104 cm³/mol. The summed E-state index contributed by atoms with van der Waals surface area (Å²) in [6.07, 6.45) is 3.48. The monoisotopic (exact) mass is 376 g/mol. The van der Waals surface area contributed by atoms with Crippen LogP contribution in [-0.4, -0.2) is 25.2 Å². The molecule has 3 aromatic heterocycles. The number of aryl methyl sites for hydroxylation is 2. The third-order valence-corrected chi connectivity index (χ3v) is 5.58. The highest BCUT2D eigenvalue weighted by molar-refractivity contribution is 5.87. The number of hydrogen-bond donors (Lipinski definition) is 3. The largest absolute Gasteiger partial charge is 0.378 e. The van der Waals surface area contributed by atoms with Gasteiger partial charge in [-0.1, -0.05) is 11.2 Å². The molecule has 7 heteroatoms. The fourth-order valence-electron chi connectivity index (χ4n) is 4.14. The Morgan fingerprint density at radius 1 is 1.21 bits per heavy atom. The summed E-state index contributed by atoms with van der Waals surface area (Å²) in [5.74, 6) is 0.734. The Kier molecular flexibility index (Phi) is 3.57. The lowest BCUT2D eigenvalue weighted by molar-refractivity contribution is 0.0533. The number of rotatable bonds is 4. The molecule has 0 amide bonds. The number of H-pyrrole nitrogens is 2.